The Morgan fingerprint density at radius 3 is 2.16 bits per heavy atom. The predicted octanol–water partition coefficient (Wildman–Crippen LogP) is 4.26. The van der Waals surface area contributed by atoms with Crippen LogP contribution < -0.4 is 21.4 Å². The molecule has 37 heavy (non-hydrogen) atoms. The Hall–Kier alpha value is -2.79. The molecule has 3 fully saturated rings. The standard InChI is InChI=1S/C25H35ClFN5O5/c1-24(2,3)36-22(34)30-18-14-10-31(11-15(14)18)20-16(27)9-13(19(17(20)26)29-12-7-8-12)21(33)32(28)23(35)37-25(4,5)6/h9,12,14-15,18,29H,7-8,10-11,28H2,1-6H3,(H,30,34). The fourth-order valence-corrected chi connectivity index (χ4v) is 4.90. The molecule has 1 heterocycles. The van der Waals surface area contributed by atoms with Gasteiger partial charge in [-0.15, -0.1) is 0 Å². The second-order valence-corrected chi connectivity index (χ2v) is 12.3. The summed E-state index contributed by atoms with van der Waals surface area (Å²) < 4.78 is 26.0. The monoisotopic (exact) mass is 539 g/mol. The van der Waals surface area contributed by atoms with E-state index < -0.39 is 35.1 Å². The summed E-state index contributed by atoms with van der Waals surface area (Å²) in [5.74, 6) is 4.39. The van der Waals surface area contributed by atoms with Gasteiger partial charge in [-0.3, -0.25) is 4.79 Å². The van der Waals surface area contributed by atoms with Gasteiger partial charge in [0.2, 0.25) is 0 Å². The van der Waals surface area contributed by atoms with Crippen LogP contribution in [0.15, 0.2) is 6.07 Å². The summed E-state index contributed by atoms with van der Waals surface area (Å²) in [6, 6.07) is 1.10. The number of ether oxygens (including phenoxy) is 2. The van der Waals surface area contributed by atoms with Gasteiger partial charge in [0, 0.05) is 37.0 Å². The Kier molecular flexibility index (Phi) is 7.00. The molecule has 1 aromatic carbocycles. The quantitative estimate of drug-likeness (QED) is 0.288. The van der Waals surface area contributed by atoms with Crippen molar-refractivity contribution in [1.29, 1.82) is 0 Å². The first kappa shape index (κ1) is 27.3. The van der Waals surface area contributed by atoms with E-state index in [-0.39, 0.29) is 45.9 Å². The van der Waals surface area contributed by atoms with Crippen LogP contribution in [0.5, 0.6) is 0 Å². The average Bonchev–Trinajstić information content (AvgIpc) is 3.63. The minimum Gasteiger partial charge on any atom is -0.444 e. The molecule has 10 nitrogen and oxygen atoms in total. The number of alkyl carbamates (subject to hydrolysis) is 1. The summed E-state index contributed by atoms with van der Waals surface area (Å²) in [4.78, 5) is 39.4. The number of hydrazine groups is 1. The Bertz CT molecular complexity index is 1100. The van der Waals surface area contributed by atoms with Crippen molar-refractivity contribution in [2.75, 3.05) is 23.3 Å². The Labute approximate surface area is 220 Å². The SMILES string of the molecule is CC(C)(C)OC(=O)NC1C2CN(c3c(F)cc(C(=O)N(N)C(=O)OC(C)(C)C)c(NC4CC4)c3Cl)CC21. The van der Waals surface area contributed by atoms with E-state index in [4.69, 9.17) is 26.9 Å². The Morgan fingerprint density at radius 2 is 1.65 bits per heavy atom. The minimum absolute atomic E-state index is 0.0440. The highest BCUT2D eigenvalue weighted by atomic mass is 35.5. The van der Waals surface area contributed by atoms with Crippen molar-refractivity contribution in [2.24, 2.45) is 17.7 Å². The molecule has 1 aromatic rings. The molecule has 1 aliphatic heterocycles. The zero-order valence-corrected chi connectivity index (χ0v) is 22.7. The molecule has 0 spiro atoms. The second-order valence-electron chi connectivity index (χ2n) is 11.9. The number of imide groups is 1. The van der Waals surface area contributed by atoms with Crippen molar-refractivity contribution in [3.05, 3.63) is 22.5 Å². The molecule has 4 N–H and O–H groups in total. The van der Waals surface area contributed by atoms with Gasteiger partial charge < -0.3 is 25.0 Å². The van der Waals surface area contributed by atoms with E-state index in [2.05, 4.69) is 10.6 Å². The number of hydrogen-bond donors (Lipinski definition) is 3. The summed E-state index contributed by atoms with van der Waals surface area (Å²) >= 11 is 6.70. The van der Waals surface area contributed by atoms with Crippen molar-refractivity contribution in [2.45, 2.75) is 77.7 Å². The second kappa shape index (κ2) is 9.50. The van der Waals surface area contributed by atoms with Crippen LogP contribution in [0.2, 0.25) is 5.02 Å². The molecular formula is C25H35ClFN5O5. The van der Waals surface area contributed by atoms with Crippen molar-refractivity contribution in [1.82, 2.24) is 10.3 Å². The maximum atomic E-state index is 15.5. The number of nitrogens with zero attached hydrogens (tertiary/aromatic N) is 2. The fourth-order valence-electron chi connectivity index (χ4n) is 4.53. The number of halogens is 2. The first-order valence-corrected chi connectivity index (χ1v) is 12.8. The van der Waals surface area contributed by atoms with Gasteiger partial charge in [-0.2, -0.15) is 5.01 Å². The van der Waals surface area contributed by atoms with Crippen LogP contribution in [-0.4, -0.2) is 59.5 Å². The molecule has 2 aliphatic carbocycles. The molecular weight excluding hydrogens is 505 g/mol. The maximum Gasteiger partial charge on any atom is 0.432 e. The highest BCUT2D eigenvalue weighted by Crippen LogP contribution is 2.50. The summed E-state index contributed by atoms with van der Waals surface area (Å²) in [6.45, 7) is 11.3. The van der Waals surface area contributed by atoms with Crippen LogP contribution in [0.4, 0.5) is 25.4 Å². The number of benzene rings is 1. The molecule has 0 aromatic heterocycles. The smallest absolute Gasteiger partial charge is 0.432 e. The zero-order valence-electron chi connectivity index (χ0n) is 22.0. The van der Waals surface area contributed by atoms with Gasteiger partial charge in [0.1, 0.15) is 17.0 Å². The lowest BCUT2D eigenvalue weighted by molar-refractivity contribution is 0.0239. The lowest BCUT2D eigenvalue weighted by Gasteiger charge is -2.27. The first-order valence-electron chi connectivity index (χ1n) is 12.4. The third kappa shape index (κ3) is 6.20. The maximum absolute atomic E-state index is 15.5. The van der Waals surface area contributed by atoms with E-state index in [0.29, 0.717) is 18.1 Å². The summed E-state index contributed by atoms with van der Waals surface area (Å²) in [5, 5.41) is 6.45. The number of amides is 3. The average molecular weight is 540 g/mol. The highest BCUT2D eigenvalue weighted by Gasteiger charge is 2.57. The molecule has 204 valence electrons. The minimum atomic E-state index is -1.06. The summed E-state index contributed by atoms with van der Waals surface area (Å²) in [7, 11) is 0. The molecule has 0 radical (unpaired) electrons. The van der Waals surface area contributed by atoms with E-state index in [0.717, 1.165) is 18.9 Å². The molecule has 2 saturated carbocycles. The molecule has 2 unspecified atom stereocenters. The van der Waals surface area contributed by atoms with E-state index >= 15 is 4.39 Å². The Morgan fingerprint density at radius 1 is 1.08 bits per heavy atom. The van der Waals surface area contributed by atoms with Crippen LogP contribution in [0.1, 0.15) is 64.7 Å². The number of hydrogen-bond acceptors (Lipinski definition) is 8. The van der Waals surface area contributed by atoms with Gasteiger partial charge in [-0.1, -0.05) is 11.6 Å². The fraction of sp³-hybridized carbons (Fsp3) is 0.640. The number of fused-ring (bicyclic) bond motifs is 1. The molecule has 12 heteroatoms. The molecule has 4 rings (SSSR count). The number of anilines is 2. The van der Waals surface area contributed by atoms with Gasteiger partial charge in [0.05, 0.1) is 22.0 Å². The van der Waals surface area contributed by atoms with E-state index in [1.54, 1.807) is 41.5 Å². The number of nitrogens with two attached hydrogens (primary N) is 1. The number of nitrogens with one attached hydrogen (secondary N) is 2. The van der Waals surface area contributed by atoms with Crippen LogP contribution in [0, 0.1) is 17.7 Å². The number of rotatable bonds is 5. The van der Waals surface area contributed by atoms with Gasteiger partial charge in [-0.05, 0) is 60.5 Å². The number of carbonyl (C=O) groups is 3. The van der Waals surface area contributed by atoms with Crippen LogP contribution >= 0.6 is 11.6 Å². The third-order valence-corrected chi connectivity index (χ3v) is 6.72. The van der Waals surface area contributed by atoms with Crippen molar-refractivity contribution in [3.8, 4) is 0 Å². The van der Waals surface area contributed by atoms with Gasteiger partial charge in [0.25, 0.3) is 5.91 Å². The molecule has 3 amide bonds. The van der Waals surface area contributed by atoms with E-state index in [1.165, 1.54) is 0 Å². The normalized spacial score (nSPS) is 22.7. The van der Waals surface area contributed by atoms with Gasteiger partial charge in [0.15, 0.2) is 0 Å². The lowest BCUT2D eigenvalue weighted by atomic mass is 10.1. The van der Waals surface area contributed by atoms with E-state index in [9.17, 15) is 14.4 Å². The van der Waals surface area contributed by atoms with Crippen molar-refractivity contribution in [3.63, 3.8) is 0 Å². The molecule has 2 atom stereocenters. The number of carbonyl (C=O) groups excluding carboxylic acids is 3. The Balaban J connectivity index is 1.52. The molecule has 0 bridgehead atoms. The topological polar surface area (TPSA) is 126 Å². The lowest BCUT2D eigenvalue weighted by Crippen LogP contribution is -2.45. The van der Waals surface area contributed by atoms with Crippen molar-refractivity contribution >= 4 is 41.1 Å². The largest absolute Gasteiger partial charge is 0.444 e. The van der Waals surface area contributed by atoms with E-state index in [1.807, 2.05) is 4.90 Å². The summed E-state index contributed by atoms with van der Waals surface area (Å²) in [6.07, 6.45) is 0.221. The molecule has 1 saturated heterocycles. The van der Waals surface area contributed by atoms with Gasteiger partial charge >= 0.3 is 12.2 Å². The number of piperidine rings is 1. The summed E-state index contributed by atoms with van der Waals surface area (Å²) in [5.41, 5.74) is -1.22. The van der Waals surface area contributed by atoms with Crippen LogP contribution in [0.25, 0.3) is 0 Å². The predicted molar refractivity (Wildman–Crippen MR) is 137 cm³/mol. The van der Waals surface area contributed by atoms with Crippen LogP contribution in [0.3, 0.4) is 0 Å². The first-order chi connectivity index (χ1) is 17.1. The molecule has 3 aliphatic rings. The third-order valence-electron chi connectivity index (χ3n) is 6.35. The van der Waals surface area contributed by atoms with Gasteiger partial charge in [-0.25, -0.2) is 19.8 Å². The zero-order chi connectivity index (χ0) is 27.4. The highest BCUT2D eigenvalue weighted by molar-refractivity contribution is 6.37. The van der Waals surface area contributed by atoms with Crippen LogP contribution in [-0.2, 0) is 9.47 Å². The van der Waals surface area contributed by atoms with Crippen molar-refractivity contribution < 1.29 is 28.2 Å².